The van der Waals surface area contributed by atoms with E-state index in [1.807, 2.05) is 26.0 Å². The van der Waals surface area contributed by atoms with Crippen LogP contribution in [0.4, 0.5) is 0 Å². The number of ether oxygens (including phenoxy) is 3. The van der Waals surface area contributed by atoms with Crippen LogP contribution in [0, 0.1) is 12.8 Å². The molecule has 2 heterocycles. The Balaban J connectivity index is 1.84. The van der Waals surface area contributed by atoms with Gasteiger partial charge in [0.15, 0.2) is 11.5 Å². The largest absolute Gasteiger partial charge is 0.507 e. The van der Waals surface area contributed by atoms with Crippen molar-refractivity contribution in [2.24, 2.45) is 5.92 Å². The number of amides is 1. The van der Waals surface area contributed by atoms with Crippen LogP contribution in [0.1, 0.15) is 49.1 Å². The molecule has 1 aliphatic heterocycles. The van der Waals surface area contributed by atoms with E-state index < -0.39 is 17.7 Å². The van der Waals surface area contributed by atoms with E-state index in [-0.39, 0.29) is 17.9 Å². The first-order valence-corrected chi connectivity index (χ1v) is 13.0. The molecule has 0 radical (unpaired) electrons. The Morgan fingerprint density at radius 2 is 1.87 bits per heavy atom. The maximum Gasteiger partial charge on any atom is 0.295 e. The number of carbonyl (C=O) groups is 2. The number of aliphatic hydroxyl groups is 1. The van der Waals surface area contributed by atoms with E-state index in [0.29, 0.717) is 47.5 Å². The predicted octanol–water partition coefficient (Wildman–Crippen LogP) is 5.45. The van der Waals surface area contributed by atoms with Gasteiger partial charge in [-0.05, 0) is 72.9 Å². The summed E-state index contributed by atoms with van der Waals surface area (Å²) >= 11 is 0. The predicted molar refractivity (Wildman–Crippen MR) is 148 cm³/mol. The van der Waals surface area contributed by atoms with Gasteiger partial charge in [0.1, 0.15) is 11.5 Å². The molecular weight excluding hydrogens is 496 g/mol. The number of likely N-dealkylation sites (tertiary alicyclic amines) is 1. The summed E-state index contributed by atoms with van der Waals surface area (Å²) in [6.45, 7) is 8.97. The standard InChI is InChI=1S/C31H34N2O6/c1-6-38-25-12-9-22(15-26(25)37-5)28-27(30(35)31(36)33(28)17-21-8-7-13-32-16-21)29(34)24-11-10-23(14-20(24)4)39-18-19(2)3/h7-16,19,28,34H,6,17-18H2,1-5H3/t28-/m1/s1. The number of carbonyl (C=O) groups excluding carboxylic acids is 2. The van der Waals surface area contributed by atoms with Crippen molar-refractivity contribution in [1.82, 2.24) is 9.88 Å². The fourth-order valence-electron chi connectivity index (χ4n) is 4.61. The number of methoxy groups -OCH3 is 1. The second kappa shape index (κ2) is 12.0. The second-order valence-corrected chi connectivity index (χ2v) is 9.81. The second-order valence-electron chi connectivity index (χ2n) is 9.81. The van der Waals surface area contributed by atoms with Crippen LogP contribution >= 0.6 is 0 Å². The van der Waals surface area contributed by atoms with Gasteiger partial charge in [0.25, 0.3) is 11.7 Å². The van der Waals surface area contributed by atoms with Crippen LogP contribution in [0.5, 0.6) is 17.2 Å². The molecule has 1 amide bonds. The molecule has 0 spiro atoms. The summed E-state index contributed by atoms with van der Waals surface area (Å²) in [6, 6.07) is 13.3. The van der Waals surface area contributed by atoms with Crippen molar-refractivity contribution in [3.8, 4) is 17.2 Å². The molecule has 4 rings (SSSR count). The monoisotopic (exact) mass is 530 g/mol. The fraction of sp³-hybridized carbons (Fsp3) is 0.323. The molecule has 2 aromatic carbocycles. The molecule has 0 aliphatic carbocycles. The third-order valence-corrected chi connectivity index (χ3v) is 6.46. The third-order valence-electron chi connectivity index (χ3n) is 6.46. The van der Waals surface area contributed by atoms with Crippen LogP contribution in [0.25, 0.3) is 5.76 Å². The highest BCUT2D eigenvalue weighted by molar-refractivity contribution is 6.46. The van der Waals surface area contributed by atoms with Crippen LogP contribution in [0.2, 0.25) is 0 Å². The summed E-state index contributed by atoms with van der Waals surface area (Å²) in [5.41, 5.74) is 2.54. The lowest BCUT2D eigenvalue weighted by Crippen LogP contribution is -2.29. The number of hydrogen-bond donors (Lipinski definition) is 1. The molecule has 0 bridgehead atoms. The molecular formula is C31H34N2O6. The van der Waals surface area contributed by atoms with Crippen molar-refractivity contribution in [1.29, 1.82) is 0 Å². The number of pyridine rings is 1. The molecule has 204 valence electrons. The van der Waals surface area contributed by atoms with Gasteiger partial charge in [0.2, 0.25) is 0 Å². The molecule has 1 saturated heterocycles. The van der Waals surface area contributed by atoms with Gasteiger partial charge in [-0.1, -0.05) is 26.0 Å². The fourth-order valence-corrected chi connectivity index (χ4v) is 4.61. The summed E-state index contributed by atoms with van der Waals surface area (Å²) in [7, 11) is 1.53. The van der Waals surface area contributed by atoms with E-state index >= 15 is 0 Å². The van der Waals surface area contributed by atoms with Crippen LogP contribution in [0.3, 0.4) is 0 Å². The first-order valence-electron chi connectivity index (χ1n) is 13.0. The number of hydrogen-bond acceptors (Lipinski definition) is 7. The highest BCUT2D eigenvalue weighted by Crippen LogP contribution is 2.43. The number of aryl methyl sites for hydroxylation is 1. The average molecular weight is 531 g/mol. The Hall–Kier alpha value is -4.33. The van der Waals surface area contributed by atoms with Gasteiger partial charge < -0.3 is 24.2 Å². The first-order chi connectivity index (χ1) is 18.7. The van der Waals surface area contributed by atoms with Gasteiger partial charge in [-0.3, -0.25) is 14.6 Å². The van der Waals surface area contributed by atoms with Gasteiger partial charge in [-0.25, -0.2) is 0 Å². The molecule has 1 aromatic heterocycles. The third kappa shape index (κ3) is 5.90. The van der Waals surface area contributed by atoms with Crippen molar-refractivity contribution in [3.63, 3.8) is 0 Å². The minimum atomic E-state index is -0.856. The average Bonchev–Trinajstić information content (AvgIpc) is 3.17. The molecule has 8 nitrogen and oxygen atoms in total. The zero-order valence-corrected chi connectivity index (χ0v) is 22.9. The minimum Gasteiger partial charge on any atom is -0.507 e. The van der Waals surface area contributed by atoms with E-state index in [0.717, 1.165) is 11.1 Å². The maximum absolute atomic E-state index is 13.5. The Bertz CT molecular complexity index is 1380. The summed E-state index contributed by atoms with van der Waals surface area (Å²) < 4.78 is 17.0. The lowest BCUT2D eigenvalue weighted by atomic mass is 9.93. The van der Waals surface area contributed by atoms with Gasteiger partial charge in [-0.2, -0.15) is 0 Å². The van der Waals surface area contributed by atoms with Gasteiger partial charge in [0.05, 0.1) is 31.9 Å². The van der Waals surface area contributed by atoms with E-state index in [9.17, 15) is 14.7 Å². The molecule has 1 fully saturated rings. The molecule has 1 N–H and O–H groups in total. The van der Waals surface area contributed by atoms with Gasteiger partial charge >= 0.3 is 0 Å². The number of rotatable bonds is 10. The molecule has 1 atom stereocenters. The van der Waals surface area contributed by atoms with Crippen molar-refractivity contribution >= 4 is 17.4 Å². The Morgan fingerprint density at radius 3 is 2.51 bits per heavy atom. The van der Waals surface area contributed by atoms with E-state index in [2.05, 4.69) is 18.8 Å². The van der Waals surface area contributed by atoms with Crippen molar-refractivity contribution in [2.75, 3.05) is 20.3 Å². The molecule has 3 aromatic rings. The van der Waals surface area contributed by atoms with Crippen molar-refractivity contribution in [2.45, 2.75) is 40.3 Å². The zero-order valence-electron chi connectivity index (χ0n) is 22.9. The summed E-state index contributed by atoms with van der Waals surface area (Å²) in [5, 5.41) is 11.6. The number of Topliss-reactive ketones (excluding diaryl/α,β-unsaturated/α-hetero) is 1. The zero-order chi connectivity index (χ0) is 28.1. The van der Waals surface area contributed by atoms with E-state index in [1.54, 1.807) is 48.8 Å². The molecule has 0 saturated carbocycles. The van der Waals surface area contributed by atoms with Crippen LogP contribution in [0.15, 0.2) is 66.5 Å². The molecule has 8 heteroatoms. The van der Waals surface area contributed by atoms with E-state index in [4.69, 9.17) is 14.2 Å². The van der Waals surface area contributed by atoms with Crippen LogP contribution < -0.4 is 14.2 Å². The first kappa shape index (κ1) is 27.7. The quantitative estimate of drug-likeness (QED) is 0.211. The number of aliphatic hydroxyl groups excluding tert-OH is 1. The minimum absolute atomic E-state index is 0.00838. The Morgan fingerprint density at radius 1 is 1.08 bits per heavy atom. The summed E-state index contributed by atoms with van der Waals surface area (Å²) in [6.07, 6.45) is 3.29. The van der Waals surface area contributed by atoms with Crippen molar-refractivity contribution < 1.29 is 28.9 Å². The highest BCUT2D eigenvalue weighted by atomic mass is 16.5. The van der Waals surface area contributed by atoms with Gasteiger partial charge in [0, 0.05) is 24.5 Å². The van der Waals surface area contributed by atoms with Gasteiger partial charge in [-0.15, -0.1) is 0 Å². The SMILES string of the molecule is CCOc1ccc([C@@H]2C(=C(O)c3ccc(OCC(C)C)cc3C)C(=O)C(=O)N2Cc2cccnc2)cc1OC. The maximum atomic E-state index is 13.5. The summed E-state index contributed by atoms with van der Waals surface area (Å²) in [5.74, 6) is 0.335. The molecule has 39 heavy (non-hydrogen) atoms. The number of ketones is 1. The van der Waals surface area contributed by atoms with E-state index in [1.165, 1.54) is 12.0 Å². The van der Waals surface area contributed by atoms with Crippen LogP contribution in [-0.2, 0) is 16.1 Å². The lowest BCUT2D eigenvalue weighted by Gasteiger charge is -2.26. The highest BCUT2D eigenvalue weighted by Gasteiger charge is 2.46. The Labute approximate surface area is 228 Å². The normalized spacial score (nSPS) is 16.6. The Kier molecular flexibility index (Phi) is 8.54. The van der Waals surface area contributed by atoms with Crippen LogP contribution in [-0.4, -0.2) is 47.0 Å². The molecule has 0 unspecified atom stereocenters. The lowest BCUT2D eigenvalue weighted by molar-refractivity contribution is -0.140. The molecule has 1 aliphatic rings. The van der Waals surface area contributed by atoms with Crippen molar-refractivity contribution in [3.05, 3.63) is 88.8 Å². The topological polar surface area (TPSA) is 98.2 Å². The number of nitrogens with zero attached hydrogens (tertiary/aromatic N) is 2. The smallest absolute Gasteiger partial charge is 0.295 e. The number of aromatic nitrogens is 1. The summed E-state index contributed by atoms with van der Waals surface area (Å²) in [4.78, 5) is 32.5. The number of benzene rings is 2.